The molecule has 2 aliphatic carbocycles. The maximum atomic E-state index is 12.8. The van der Waals surface area contributed by atoms with Gasteiger partial charge >= 0.3 is 5.97 Å². The fraction of sp³-hybridized carbons (Fsp3) is 0.500. The number of amides is 1. The Morgan fingerprint density at radius 1 is 1.12 bits per heavy atom. The third-order valence-electron chi connectivity index (χ3n) is 6.56. The van der Waals surface area contributed by atoms with Gasteiger partial charge in [-0.25, -0.2) is 4.79 Å². The van der Waals surface area contributed by atoms with Gasteiger partial charge in [-0.05, 0) is 59.9 Å². The number of nitrogens with one attached hydrogen (secondary N) is 1. The molecule has 0 spiro atoms. The van der Waals surface area contributed by atoms with Gasteiger partial charge in [0.05, 0.1) is 17.7 Å². The van der Waals surface area contributed by atoms with Crippen LogP contribution < -0.4 is 5.32 Å². The van der Waals surface area contributed by atoms with Crippen molar-refractivity contribution in [3.05, 3.63) is 53.1 Å². The van der Waals surface area contributed by atoms with E-state index in [2.05, 4.69) is 44.2 Å². The molecule has 0 aromatic heterocycles. The lowest BCUT2D eigenvalue weighted by atomic mass is 9.54. The zero-order valence-corrected chi connectivity index (χ0v) is 19.7. The summed E-state index contributed by atoms with van der Waals surface area (Å²) in [5.41, 5.74) is 3.89. The number of benzene rings is 1. The highest BCUT2D eigenvalue weighted by atomic mass is 16.6. The number of hydrogen-bond donors (Lipinski definition) is 2. The monoisotopic (exact) mass is 438 g/mol. The predicted octanol–water partition coefficient (Wildman–Crippen LogP) is 5.82. The van der Waals surface area contributed by atoms with E-state index in [1.165, 1.54) is 17.7 Å². The summed E-state index contributed by atoms with van der Waals surface area (Å²) in [5.74, 6) is -1.07. The van der Waals surface area contributed by atoms with E-state index in [1.807, 2.05) is 13.0 Å². The minimum atomic E-state index is -0.996. The van der Waals surface area contributed by atoms with E-state index in [0.29, 0.717) is 12.3 Å². The normalized spacial score (nSPS) is 22.4. The van der Waals surface area contributed by atoms with E-state index in [-0.39, 0.29) is 34.6 Å². The van der Waals surface area contributed by atoms with Crippen LogP contribution in [0.25, 0.3) is 0 Å². The van der Waals surface area contributed by atoms with Crippen LogP contribution in [0, 0.1) is 16.7 Å². The smallest absolute Gasteiger partial charge is 0.335 e. The topological polar surface area (TPSA) is 88.0 Å². The summed E-state index contributed by atoms with van der Waals surface area (Å²) in [6, 6.07) is 6.15. The molecule has 1 atom stereocenters. The highest BCUT2D eigenvalue weighted by molar-refractivity contribution is 6.09. The third kappa shape index (κ3) is 5.12. The van der Waals surface area contributed by atoms with Crippen LogP contribution in [0.3, 0.4) is 0 Å². The van der Waals surface area contributed by atoms with Gasteiger partial charge in [0, 0.05) is 11.6 Å². The Morgan fingerprint density at radius 3 is 2.44 bits per heavy atom. The number of allylic oxidation sites excluding steroid dienone is 3. The molecule has 1 aromatic carbocycles. The summed E-state index contributed by atoms with van der Waals surface area (Å²) in [6.45, 7) is 11.7. The molecule has 2 N–H and O–H groups in total. The van der Waals surface area contributed by atoms with Crippen molar-refractivity contribution >= 4 is 23.3 Å². The molecule has 0 aliphatic heterocycles. The fourth-order valence-electron chi connectivity index (χ4n) is 4.58. The molecular formula is C26H34N2O4. The Kier molecular flexibility index (Phi) is 6.91. The number of nitrogens with zero attached hydrogens (tertiary/aromatic N) is 1. The van der Waals surface area contributed by atoms with Gasteiger partial charge in [0.25, 0.3) is 0 Å². The Hall–Kier alpha value is -2.89. The van der Waals surface area contributed by atoms with Gasteiger partial charge in [-0.15, -0.1) is 0 Å². The molecule has 32 heavy (non-hydrogen) atoms. The second-order valence-electron chi connectivity index (χ2n) is 10.0. The molecule has 1 saturated carbocycles. The van der Waals surface area contributed by atoms with Crippen LogP contribution in [-0.2, 0) is 9.63 Å². The van der Waals surface area contributed by atoms with Crippen LogP contribution in [0.1, 0.15) is 70.7 Å². The Labute approximate surface area is 190 Å². The van der Waals surface area contributed by atoms with E-state index < -0.39 is 5.97 Å². The molecule has 3 rings (SSSR count). The molecule has 6 nitrogen and oxygen atoms in total. The van der Waals surface area contributed by atoms with Crippen molar-refractivity contribution in [2.75, 3.05) is 11.9 Å². The molecule has 0 saturated heterocycles. The molecular weight excluding hydrogens is 404 g/mol. The van der Waals surface area contributed by atoms with Crippen LogP contribution >= 0.6 is 0 Å². The summed E-state index contributed by atoms with van der Waals surface area (Å²) in [6.07, 6.45) is 7.41. The number of rotatable bonds is 7. The number of oxime groups is 1. The summed E-state index contributed by atoms with van der Waals surface area (Å²) in [4.78, 5) is 29.5. The standard InChI is InChI=1S/C26H34N2O4/c1-6-15-32-28-23-18(9-12-20-22(23)26(4,5)14-13-25(20,2)3)16-21(29)27-19-10-7-17(8-11-19)24(30)31/h7-12,22H,6,13-16H2,1-5H3,(H,27,29)(H,30,31). The Morgan fingerprint density at radius 2 is 1.81 bits per heavy atom. The number of fused-ring (bicyclic) bond motifs is 1. The van der Waals surface area contributed by atoms with E-state index in [4.69, 9.17) is 9.94 Å². The first-order valence-corrected chi connectivity index (χ1v) is 11.3. The van der Waals surface area contributed by atoms with Gasteiger partial charge in [-0.1, -0.05) is 57.5 Å². The van der Waals surface area contributed by atoms with Crippen LogP contribution in [0.15, 0.2) is 52.7 Å². The first-order valence-electron chi connectivity index (χ1n) is 11.3. The number of carbonyl (C=O) groups is 2. The summed E-state index contributed by atoms with van der Waals surface area (Å²) in [7, 11) is 0. The lowest BCUT2D eigenvalue weighted by Crippen LogP contribution is -2.44. The number of carboxylic acids is 1. The van der Waals surface area contributed by atoms with Crippen molar-refractivity contribution < 1.29 is 19.5 Å². The van der Waals surface area contributed by atoms with Crippen molar-refractivity contribution in [3.8, 4) is 0 Å². The fourth-order valence-corrected chi connectivity index (χ4v) is 4.58. The number of aromatic carboxylic acids is 1. The molecule has 1 fully saturated rings. The van der Waals surface area contributed by atoms with Gasteiger partial charge in [0.2, 0.25) is 5.91 Å². The molecule has 2 aliphatic rings. The van der Waals surface area contributed by atoms with Gasteiger partial charge in [-0.3, -0.25) is 4.79 Å². The van der Waals surface area contributed by atoms with Crippen molar-refractivity contribution in [2.24, 2.45) is 21.9 Å². The van der Waals surface area contributed by atoms with Crippen LogP contribution in [0.2, 0.25) is 0 Å². The zero-order chi connectivity index (χ0) is 23.5. The van der Waals surface area contributed by atoms with Crippen molar-refractivity contribution in [1.29, 1.82) is 0 Å². The van der Waals surface area contributed by atoms with E-state index in [9.17, 15) is 9.59 Å². The van der Waals surface area contributed by atoms with Crippen LogP contribution in [-0.4, -0.2) is 29.3 Å². The zero-order valence-electron chi connectivity index (χ0n) is 19.7. The molecule has 6 heteroatoms. The maximum absolute atomic E-state index is 12.8. The second-order valence-corrected chi connectivity index (χ2v) is 10.0. The van der Waals surface area contributed by atoms with Gasteiger partial charge < -0.3 is 15.3 Å². The van der Waals surface area contributed by atoms with Gasteiger partial charge in [-0.2, -0.15) is 0 Å². The van der Waals surface area contributed by atoms with E-state index in [1.54, 1.807) is 12.1 Å². The summed E-state index contributed by atoms with van der Waals surface area (Å²) >= 11 is 0. The average Bonchev–Trinajstić information content (AvgIpc) is 2.72. The predicted molar refractivity (Wildman–Crippen MR) is 127 cm³/mol. The number of hydrogen-bond acceptors (Lipinski definition) is 4. The molecule has 0 bridgehead atoms. The summed E-state index contributed by atoms with van der Waals surface area (Å²) < 4.78 is 0. The Balaban J connectivity index is 1.86. The minimum Gasteiger partial charge on any atom is -0.478 e. The largest absolute Gasteiger partial charge is 0.478 e. The molecule has 0 radical (unpaired) electrons. The van der Waals surface area contributed by atoms with Gasteiger partial charge in [0.15, 0.2) is 0 Å². The average molecular weight is 439 g/mol. The van der Waals surface area contributed by atoms with Crippen molar-refractivity contribution in [1.82, 2.24) is 0 Å². The van der Waals surface area contributed by atoms with Crippen molar-refractivity contribution in [3.63, 3.8) is 0 Å². The molecule has 0 heterocycles. The Bertz CT molecular complexity index is 968. The van der Waals surface area contributed by atoms with Crippen LogP contribution in [0.4, 0.5) is 5.69 Å². The first kappa shape index (κ1) is 23.8. The highest BCUT2D eigenvalue weighted by Crippen LogP contribution is 2.54. The minimum absolute atomic E-state index is 0.0123. The quantitative estimate of drug-likeness (QED) is 0.414. The molecule has 1 aromatic rings. The first-order chi connectivity index (χ1) is 15.0. The van der Waals surface area contributed by atoms with Crippen LogP contribution in [0.5, 0.6) is 0 Å². The van der Waals surface area contributed by atoms with Crippen molar-refractivity contribution in [2.45, 2.75) is 60.3 Å². The number of carbonyl (C=O) groups excluding carboxylic acids is 1. The third-order valence-corrected chi connectivity index (χ3v) is 6.56. The highest BCUT2D eigenvalue weighted by Gasteiger charge is 2.48. The number of anilines is 1. The van der Waals surface area contributed by atoms with E-state index >= 15 is 0 Å². The number of carboxylic acid groups (broad SMARTS) is 1. The van der Waals surface area contributed by atoms with Gasteiger partial charge in [0.1, 0.15) is 6.61 Å². The lowest BCUT2D eigenvalue weighted by molar-refractivity contribution is -0.115. The lowest BCUT2D eigenvalue weighted by Gasteiger charge is -2.50. The second kappa shape index (κ2) is 9.31. The molecule has 172 valence electrons. The molecule has 1 unspecified atom stereocenters. The molecule has 1 amide bonds. The summed E-state index contributed by atoms with van der Waals surface area (Å²) in [5, 5.41) is 16.5. The van der Waals surface area contributed by atoms with E-state index in [0.717, 1.165) is 30.5 Å². The SMILES string of the molecule is CCCON=C1C(CC(=O)Nc2ccc(C(=O)O)cc2)=CC=C2C1C(C)(C)CCC2(C)C. The maximum Gasteiger partial charge on any atom is 0.335 e.